The van der Waals surface area contributed by atoms with Crippen molar-refractivity contribution in [2.45, 2.75) is 26.3 Å². The highest BCUT2D eigenvalue weighted by Crippen LogP contribution is 2.12. The summed E-state index contributed by atoms with van der Waals surface area (Å²) in [5, 5.41) is 2.94. The van der Waals surface area contributed by atoms with Crippen LogP contribution in [0.2, 0.25) is 0 Å². The number of amides is 2. The Labute approximate surface area is 108 Å². The van der Waals surface area contributed by atoms with E-state index in [9.17, 15) is 4.79 Å². The van der Waals surface area contributed by atoms with E-state index in [0.717, 1.165) is 37.2 Å². The molecule has 1 aromatic rings. The van der Waals surface area contributed by atoms with Gasteiger partial charge in [-0.2, -0.15) is 0 Å². The van der Waals surface area contributed by atoms with E-state index in [0.29, 0.717) is 13.2 Å². The standard InChI is InChI=1S/C14H20N2O2/c1-2-18-13-7-5-12(6-8-13)11-15-14(17)16-9-3-4-10-16/h5-8H,2-4,9-11H2,1H3,(H,15,17). The van der Waals surface area contributed by atoms with Gasteiger partial charge in [-0.1, -0.05) is 12.1 Å². The molecule has 1 aliphatic rings. The van der Waals surface area contributed by atoms with Gasteiger partial charge in [0.15, 0.2) is 0 Å². The lowest BCUT2D eigenvalue weighted by Gasteiger charge is -2.16. The largest absolute Gasteiger partial charge is 0.494 e. The average molecular weight is 248 g/mol. The number of likely N-dealkylation sites (tertiary alicyclic amines) is 1. The maximum absolute atomic E-state index is 11.8. The van der Waals surface area contributed by atoms with Crippen LogP contribution in [-0.2, 0) is 6.54 Å². The molecule has 0 radical (unpaired) electrons. The topological polar surface area (TPSA) is 41.6 Å². The van der Waals surface area contributed by atoms with E-state index >= 15 is 0 Å². The molecule has 0 spiro atoms. The van der Waals surface area contributed by atoms with Crippen molar-refractivity contribution in [2.75, 3.05) is 19.7 Å². The van der Waals surface area contributed by atoms with E-state index in [-0.39, 0.29) is 6.03 Å². The molecule has 2 rings (SSSR count). The Morgan fingerprint density at radius 3 is 2.56 bits per heavy atom. The minimum atomic E-state index is 0.0429. The Kier molecular flexibility index (Phi) is 4.45. The molecule has 1 N–H and O–H groups in total. The SMILES string of the molecule is CCOc1ccc(CNC(=O)N2CCCC2)cc1. The summed E-state index contributed by atoms with van der Waals surface area (Å²) in [5.41, 5.74) is 1.09. The molecule has 1 aliphatic heterocycles. The first-order valence-corrected chi connectivity index (χ1v) is 6.54. The first-order valence-electron chi connectivity index (χ1n) is 6.54. The highest BCUT2D eigenvalue weighted by molar-refractivity contribution is 5.74. The van der Waals surface area contributed by atoms with Crippen LogP contribution in [0.5, 0.6) is 5.75 Å². The number of ether oxygens (including phenoxy) is 1. The summed E-state index contributed by atoms with van der Waals surface area (Å²) >= 11 is 0. The molecule has 4 heteroatoms. The second kappa shape index (κ2) is 6.28. The van der Waals surface area contributed by atoms with Crippen molar-refractivity contribution in [2.24, 2.45) is 0 Å². The van der Waals surface area contributed by atoms with Crippen molar-refractivity contribution in [3.63, 3.8) is 0 Å². The molecule has 0 unspecified atom stereocenters. The van der Waals surface area contributed by atoms with Crippen molar-refractivity contribution in [3.05, 3.63) is 29.8 Å². The first kappa shape index (κ1) is 12.7. The van der Waals surface area contributed by atoms with Crippen molar-refractivity contribution in [1.29, 1.82) is 0 Å². The van der Waals surface area contributed by atoms with Gasteiger partial charge in [0.05, 0.1) is 6.61 Å². The van der Waals surface area contributed by atoms with Crippen molar-refractivity contribution in [3.8, 4) is 5.75 Å². The van der Waals surface area contributed by atoms with Crippen molar-refractivity contribution in [1.82, 2.24) is 10.2 Å². The van der Waals surface area contributed by atoms with Gasteiger partial charge in [0.2, 0.25) is 0 Å². The number of urea groups is 1. The molecule has 18 heavy (non-hydrogen) atoms. The molecule has 0 aromatic heterocycles. The van der Waals surface area contributed by atoms with Crippen LogP contribution < -0.4 is 10.1 Å². The molecule has 1 fully saturated rings. The van der Waals surface area contributed by atoms with Crippen molar-refractivity contribution >= 4 is 6.03 Å². The summed E-state index contributed by atoms with van der Waals surface area (Å²) in [7, 11) is 0. The minimum Gasteiger partial charge on any atom is -0.494 e. The third-order valence-electron chi connectivity index (χ3n) is 3.07. The number of nitrogens with zero attached hydrogens (tertiary/aromatic N) is 1. The molecule has 98 valence electrons. The van der Waals surface area contributed by atoms with Crippen LogP contribution in [0.15, 0.2) is 24.3 Å². The second-order valence-electron chi connectivity index (χ2n) is 4.43. The number of rotatable bonds is 4. The van der Waals surface area contributed by atoms with Crippen molar-refractivity contribution < 1.29 is 9.53 Å². The first-order chi connectivity index (χ1) is 8.79. The van der Waals surface area contributed by atoms with E-state index < -0.39 is 0 Å². The number of carbonyl (C=O) groups excluding carboxylic acids is 1. The highest BCUT2D eigenvalue weighted by atomic mass is 16.5. The quantitative estimate of drug-likeness (QED) is 0.889. The lowest BCUT2D eigenvalue weighted by Crippen LogP contribution is -2.37. The van der Waals surface area contributed by atoms with E-state index in [1.807, 2.05) is 36.1 Å². The van der Waals surface area contributed by atoms with Gasteiger partial charge in [-0.05, 0) is 37.5 Å². The molecule has 0 bridgehead atoms. The summed E-state index contributed by atoms with van der Waals surface area (Å²) in [4.78, 5) is 13.6. The van der Waals surface area contributed by atoms with Crippen LogP contribution in [0.25, 0.3) is 0 Å². The van der Waals surface area contributed by atoms with E-state index in [1.54, 1.807) is 0 Å². The van der Waals surface area contributed by atoms with Crippen LogP contribution in [0.3, 0.4) is 0 Å². The Balaban J connectivity index is 1.80. The van der Waals surface area contributed by atoms with Crippen LogP contribution >= 0.6 is 0 Å². The molecule has 4 nitrogen and oxygen atoms in total. The molecule has 0 saturated carbocycles. The summed E-state index contributed by atoms with van der Waals surface area (Å²) in [6.45, 7) is 4.97. The molecule has 1 saturated heterocycles. The van der Waals surface area contributed by atoms with Crippen LogP contribution in [0.4, 0.5) is 4.79 Å². The Morgan fingerprint density at radius 2 is 1.94 bits per heavy atom. The smallest absolute Gasteiger partial charge is 0.317 e. The number of carbonyl (C=O) groups is 1. The van der Waals surface area contributed by atoms with Gasteiger partial charge in [-0.3, -0.25) is 0 Å². The highest BCUT2D eigenvalue weighted by Gasteiger charge is 2.16. The summed E-state index contributed by atoms with van der Waals surface area (Å²) < 4.78 is 5.37. The zero-order chi connectivity index (χ0) is 12.8. The van der Waals surface area contributed by atoms with E-state index in [4.69, 9.17) is 4.74 Å². The third kappa shape index (κ3) is 3.39. The minimum absolute atomic E-state index is 0.0429. The lowest BCUT2D eigenvalue weighted by atomic mass is 10.2. The third-order valence-corrected chi connectivity index (χ3v) is 3.07. The summed E-state index contributed by atoms with van der Waals surface area (Å²) in [5.74, 6) is 0.868. The average Bonchev–Trinajstić information content (AvgIpc) is 2.92. The van der Waals surface area contributed by atoms with Gasteiger partial charge in [0.1, 0.15) is 5.75 Å². The molecule has 2 amide bonds. The molecule has 1 aromatic carbocycles. The summed E-state index contributed by atoms with van der Waals surface area (Å²) in [6.07, 6.45) is 2.24. The maximum Gasteiger partial charge on any atom is 0.317 e. The fourth-order valence-corrected chi connectivity index (χ4v) is 2.08. The number of hydrogen-bond acceptors (Lipinski definition) is 2. The van der Waals surface area contributed by atoms with Gasteiger partial charge in [0.25, 0.3) is 0 Å². The second-order valence-corrected chi connectivity index (χ2v) is 4.43. The van der Waals surface area contributed by atoms with Crippen LogP contribution in [0.1, 0.15) is 25.3 Å². The molecular weight excluding hydrogens is 228 g/mol. The fourth-order valence-electron chi connectivity index (χ4n) is 2.08. The predicted molar refractivity (Wildman–Crippen MR) is 70.7 cm³/mol. The zero-order valence-electron chi connectivity index (χ0n) is 10.8. The van der Waals surface area contributed by atoms with Gasteiger partial charge >= 0.3 is 6.03 Å². The van der Waals surface area contributed by atoms with Gasteiger partial charge in [0, 0.05) is 19.6 Å². The predicted octanol–water partition coefficient (Wildman–Crippen LogP) is 2.39. The number of hydrogen-bond donors (Lipinski definition) is 1. The van der Waals surface area contributed by atoms with Crippen LogP contribution in [-0.4, -0.2) is 30.6 Å². The number of benzene rings is 1. The normalized spacial score (nSPS) is 14.6. The molecule has 0 atom stereocenters. The fraction of sp³-hybridized carbons (Fsp3) is 0.500. The monoisotopic (exact) mass is 248 g/mol. The number of nitrogens with one attached hydrogen (secondary N) is 1. The van der Waals surface area contributed by atoms with Crippen LogP contribution in [0, 0.1) is 0 Å². The van der Waals surface area contributed by atoms with E-state index in [1.165, 1.54) is 0 Å². The lowest BCUT2D eigenvalue weighted by molar-refractivity contribution is 0.208. The van der Waals surface area contributed by atoms with Gasteiger partial charge in [-0.25, -0.2) is 4.79 Å². The maximum atomic E-state index is 11.8. The Morgan fingerprint density at radius 1 is 1.28 bits per heavy atom. The van der Waals surface area contributed by atoms with E-state index in [2.05, 4.69) is 5.32 Å². The van der Waals surface area contributed by atoms with Gasteiger partial charge < -0.3 is 15.0 Å². The Hall–Kier alpha value is -1.71. The van der Waals surface area contributed by atoms with Gasteiger partial charge in [-0.15, -0.1) is 0 Å². The molecular formula is C14H20N2O2. The summed E-state index contributed by atoms with van der Waals surface area (Å²) in [6, 6.07) is 7.87. The zero-order valence-corrected chi connectivity index (χ0v) is 10.8. The molecule has 1 heterocycles. The molecule has 0 aliphatic carbocycles. The Bertz CT molecular complexity index is 383.